The highest BCUT2D eigenvalue weighted by atomic mass is 35.5. The first-order valence-electron chi connectivity index (χ1n) is 7.70. The van der Waals surface area contributed by atoms with Crippen molar-refractivity contribution in [3.63, 3.8) is 0 Å². The highest BCUT2D eigenvalue weighted by Gasteiger charge is 2.05. The first-order valence-corrected chi connectivity index (χ1v) is 8.90. The van der Waals surface area contributed by atoms with Crippen molar-refractivity contribution in [3.05, 3.63) is 50.4 Å². The van der Waals surface area contributed by atoms with E-state index in [9.17, 15) is 0 Å². The quantitative estimate of drug-likeness (QED) is 0.474. The number of nitrogens with zero attached hydrogens (tertiary/aromatic N) is 2. The first kappa shape index (κ1) is 17.8. The Balaban J connectivity index is 1.70. The predicted octanol–water partition coefficient (Wildman–Crippen LogP) is 3.71. The van der Waals surface area contributed by atoms with Crippen LogP contribution in [0.2, 0.25) is 5.02 Å². The number of rotatable bonds is 6. The molecule has 2 aromatic rings. The highest BCUT2D eigenvalue weighted by molar-refractivity contribution is 7.11. The summed E-state index contributed by atoms with van der Waals surface area (Å²) in [4.78, 5) is 9.95. The zero-order valence-electron chi connectivity index (χ0n) is 13.8. The Morgan fingerprint density at radius 3 is 2.57 bits per heavy atom. The molecule has 0 saturated heterocycles. The number of benzene rings is 1. The van der Waals surface area contributed by atoms with E-state index in [1.807, 2.05) is 26.0 Å². The molecule has 0 atom stereocenters. The lowest BCUT2D eigenvalue weighted by Gasteiger charge is -2.11. The van der Waals surface area contributed by atoms with E-state index in [1.165, 1.54) is 10.4 Å². The smallest absolute Gasteiger partial charge is 0.191 e. The summed E-state index contributed by atoms with van der Waals surface area (Å²) in [5, 5.41) is 8.57. The lowest BCUT2D eigenvalue weighted by Crippen LogP contribution is -2.37. The van der Waals surface area contributed by atoms with Crippen molar-refractivity contribution < 1.29 is 0 Å². The van der Waals surface area contributed by atoms with Gasteiger partial charge in [-0.15, -0.1) is 11.3 Å². The second-order valence-corrected chi connectivity index (χ2v) is 7.05. The van der Waals surface area contributed by atoms with Crippen molar-refractivity contribution in [2.24, 2.45) is 4.99 Å². The van der Waals surface area contributed by atoms with Gasteiger partial charge >= 0.3 is 0 Å². The van der Waals surface area contributed by atoms with Gasteiger partial charge in [-0.25, -0.2) is 4.98 Å². The van der Waals surface area contributed by atoms with Crippen molar-refractivity contribution in [2.75, 3.05) is 13.6 Å². The van der Waals surface area contributed by atoms with Gasteiger partial charge < -0.3 is 10.6 Å². The predicted molar refractivity (Wildman–Crippen MR) is 99.6 cm³/mol. The van der Waals surface area contributed by atoms with Gasteiger partial charge in [-0.2, -0.15) is 0 Å². The largest absolute Gasteiger partial charge is 0.356 e. The standard InChI is InChI=1S/C17H23ClN4S/c1-12-16(23-13(2)22-12)11-21-17(19-3)20-10-4-5-14-6-8-15(18)9-7-14/h6-9H,4-5,10-11H2,1-3H3,(H2,19,20,21). The Morgan fingerprint density at radius 2 is 1.96 bits per heavy atom. The van der Waals surface area contributed by atoms with Crippen LogP contribution in [0.3, 0.4) is 0 Å². The molecule has 0 amide bonds. The summed E-state index contributed by atoms with van der Waals surface area (Å²) in [5.41, 5.74) is 2.40. The topological polar surface area (TPSA) is 49.3 Å². The van der Waals surface area contributed by atoms with E-state index in [-0.39, 0.29) is 0 Å². The molecule has 0 bridgehead atoms. The van der Waals surface area contributed by atoms with Gasteiger partial charge in [0.05, 0.1) is 17.2 Å². The average molecular weight is 351 g/mol. The van der Waals surface area contributed by atoms with E-state index in [4.69, 9.17) is 11.6 Å². The van der Waals surface area contributed by atoms with Crippen LogP contribution < -0.4 is 10.6 Å². The number of hydrogen-bond donors (Lipinski definition) is 2. The maximum Gasteiger partial charge on any atom is 0.191 e. The van der Waals surface area contributed by atoms with Crippen molar-refractivity contribution in [3.8, 4) is 0 Å². The van der Waals surface area contributed by atoms with Crippen LogP contribution >= 0.6 is 22.9 Å². The minimum atomic E-state index is 0.758. The van der Waals surface area contributed by atoms with Crippen LogP contribution in [0.15, 0.2) is 29.3 Å². The SMILES string of the molecule is CN=C(NCCCc1ccc(Cl)cc1)NCc1sc(C)nc1C. The molecule has 0 aliphatic rings. The fraction of sp³-hybridized carbons (Fsp3) is 0.412. The van der Waals surface area contributed by atoms with Gasteiger partial charge in [-0.1, -0.05) is 23.7 Å². The fourth-order valence-electron chi connectivity index (χ4n) is 2.27. The molecule has 2 rings (SSSR count). The summed E-state index contributed by atoms with van der Waals surface area (Å²) in [6, 6.07) is 8.02. The van der Waals surface area contributed by atoms with Crippen LogP contribution in [-0.4, -0.2) is 24.5 Å². The first-order chi connectivity index (χ1) is 11.1. The van der Waals surface area contributed by atoms with E-state index in [0.717, 1.165) is 47.6 Å². The Labute approximate surface area is 147 Å². The molecule has 1 aromatic heterocycles. The molecule has 0 spiro atoms. The van der Waals surface area contributed by atoms with E-state index in [1.54, 1.807) is 18.4 Å². The number of hydrogen-bond acceptors (Lipinski definition) is 3. The Hall–Kier alpha value is -1.59. The molecule has 2 N–H and O–H groups in total. The lowest BCUT2D eigenvalue weighted by molar-refractivity contribution is 0.743. The zero-order chi connectivity index (χ0) is 16.7. The fourth-order valence-corrected chi connectivity index (χ4v) is 3.28. The molecular formula is C17H23ClN4S. The van der Waals surface area contributed by atoms with Crippen LogP contribution in [0.5, 0.6) is 0 Å². The molecule has 0 radical (unpaired) electrons. The van der Waals surface area contributed by atoms with Gasteiger partial charge in [-0.3, -0.25) is 4.99 Å². The van der Waals surface area contributed by atoms with Gasteiger partial charge in [-0.05, 0) is 44.4 Å². The second-order valence-electron chi connectivity index (χ2n) is 5.32. The maximum absolute atomic E-state index is 5.89. The molecule has 0 fully saturated rings. The second kappa shape index (κ2) is 8.89. The number of aliphatic imine (C=N–C) groups is 1. The summed E-state index contributed by atoms with van der Waals surface area (Å²) in [7, 11) is 1.79. The lowest BCUT2D eigenvalue weighted by atomic mass is 10.1. The van der Waals surface area contributed by atoms with Crippen LogP contribution in [-0.2, 0) is 13.0 Å². The minimum Gasteiger partial charge on any atom is -0.356 e. The van der Waals surface area contributed by atoms with Crippen molar-refractivity contribution >= 4 is 28.9 Å². The molecule has 0 saturated carbocycles. The summed E-state index contributed by atoms with van der Waals surface area (Å²) < 4.78 is 0. The molecule has 6 heteroatoms. The Kier molecular flexibility index (Phi) is 6.86. The molecule has 0 aliphatic carbocycles. The van der Waals surface area contributed by atoms with E-state index >= 15 is 0 Å². The summed E-state index contributed by atoms with van der Waals surface area (Å²) >= 11 is 7.62. The van der Waals surface area contributed by atoms with Crippen LogP contribution in [0.4, 0.5) is 0 Å². The van der Waals surface area contributed by atoms with E-state index < -0.39 is 0 Å². The maximum atomic E-state index is 5.89. The number of halogens is 1. The summed E-state index contributed by atoms with van der Waals surface area (Å²) in [6.07, 6.45) is 2.06. The Morgan fingerprint density at radius 1 is 1.22 bits per heavy atom. The van der Waals surface area contributed by atoms with Crippen LogP contribution in [0.1, 0.15) is 27.6 Å². The van der Waals surface area contributed by atoms with Gasteiger partial charge in [0.2, 0.25) is 0 Å². The molecular weight excluding hydrogens is 328 g/mol. The van der Waals surface area contributed by atoms with Crippen LogP contribution in [0.25, 0.3) is 0 Å². The number of thiazole rings is 1. The molecule has 4 nitrogen and oxygen atoms in total. The van der Waals surface area contributed by atoms with E-state index in [0.29, 0.717) is 0 Å². The van der Waals surface area contributed by atoms with Crippen molar-refractivity contribution in [2.45, 2.75) is 33.2 Å². The van der Waals surface area contributed by atoms with E-state index in [2.05, 4.69) is 32.7 Å². The van der Waals surface area contributed by atoms with Crippen LogP contribution in [0, 0.1) is 13.8 Å². The van der Waals surface area contributed by atoms with Gasteiger partial charge in [0, 0.05) is 23.5 Å². The summed E-state index contributed by atoms with van der Waals surface area (Å²) in [5.74, 6) is 0.826. The average Bonchev–Trinajstić information content (AvgIpc) is 2.86. The zero-order valence-corrected chi connectivity index (χ0v) is 15.4. The molecule has 23 heavy (non-hydrogen) atoms. The summed E-state index contributed by atoms with van der Waals surface area (Å²) in [6.45, 7) is 5.71. The van der Waals surface area contributed by atoms with Gasteiger partial charge in [0.1, 0.15) is 0 Å². The minimum absolute atomic E-state index is 0.758. The number of nitrogens with one attached hydrogen (secondary N) is 2. The highest BCUT2D eigenvalue weighted by Crippen LogP contribution is 2.16. The van der Waals surface area contributed by atoms with Gasteiger partial charge in [0.15, 0.2) is 5.96 Å². The molecule has 0 aliphatic heterocycles. The number of aryl methyl sites for hydroxylation is 3. The van der Waals surface area contributed by atoms with Gasteiger partial charge in [0.25, 0.3) is 0 Å². The molecule has 1 heterocycles. The number of aromatic nitrogens is 1. The van der Waals surface area contributed by atoms with Crippen molar-refractivity contribution in [1.29, 1.82) is 0 Å². The third kappa shape index (κ3) is 5.84. The normalized spacial score (nSPS) is 11.6. The molecule has 0 unspecified atom stereocenters. The third-order valence-electron chi connectivity index (χ3n) is 3.49. The molecule has 1 aromatic carbocycles. The monoisotopic (exact) mass is 350 g/mol. The number of guanidine groups is 1. The van der Waals surface area contributed by atoms with Crippen molar-refractivity contribution in [1.82, 2.24) is 15.6 Å². The molecule has 124 valence electrons. The third-order valence-corrected chi connectivity index (χ3v) is 4.81. The Bertz CT molecular complexity index is 649.